The number of nitrogens with two attached hydrogens (primary N) is 1. The zero-order chi connectivity index (χ0) is 11.5. The van der Waals surface area contributed by atoms with Gasteiger partial charge < -0.3 is 15.8 Å². The van der Waals surface area contributed by atoms with Gasteiger partial charge >= 0.3 is 0 Å². The van der Waals surface area contributed by atoms with E-state index in [1.807, 2.05) is 19.1 Å². The summed E-state index contributed by atoms with van der Waals surface area (Å²) in [7, 11) is 0. The molecule has 3 nitrogen and oxygen atoms in total. The molecule has 3 N–H and O–H groups in total. The average molecular weight is 241 g/mol. The van der Waals surface area contributed by atoms with E-state index < -0.39 is 0 Å². The van der Waals surface area contributed by atoms with Crippen molar-refractivity contribution < 1.29 is 4.74 Å². The van der Waals surface area contributed by atoms with E-state index in [1.54, 1.807) is 6.07 Å². The van der Waals surface area contributed by atoms with Crippen molar-refractivity contribution in [1.29, 1.82) is 0 Å². The molecule has 0 aromatic heterocycles. The van der Waals surface area contributed by atoms with Gasteiger partial charge in [0.2, 0.25) is 0 Å². The van der Waals surface area contributed by atoms with E-state index in [1.165, 1.54) is 0 Å². The fourth-order valence-corrected chi connectivity index (χ4v) is 2.17. The number of hydrogen-bond acceptors (Lipinski definition) is 3. The van der Waals surface area contributed by atoms with Crippen LogP contribution in [0.4, 0.5) is 11.4 Å². The first-order valence-electron chi connectivity index (χ1n) is 5.62. The number of hydrogen-bond donors (Lipinski definition) is 2. The third-order valence-corrected chi connectivity index (χ3v) is 3.16. The summed E-state index contributed by atoms with van der Waals surface area (Å²) < 4.78 is 5.50. The van der Waals surface area contributed by atoms with Gasteiger partial charge in [-0.1, -0.05) is 11.6 Å². The maximum absolute atomic E-state index is 6.08. The molecule has 1 aromatic carbocycles. The van der Waals surface area contributed by atoms with E-state index in [2.05, 4.69) is 5.32 Å². The van der Waals surface area contributed by atoms with Crippen LogP contribution in [0.25, 0.3) is 0 Å². The van der Waals surface area contributed by atoms with Crippen molar-refractivity contribution >= 4 is 23.0 Å². The molecule has 0 amide bonds. The van der Waals surface area contributed by atoms with Crippen molar-refractivity contribution in [2.24, 2.45) is 0 Å². The zero-order valence-corrected chi connectivity index (χ0v) is 10.1. The first-order valence-corrected chi connectivity index (χ1v) is 6.00. The van der Waals surface area contributed by atoms with Crippen molar-refractivity contribution in [1.82, 2.24) is 0 Å². The fourth-order valence-electron chi connectivity index (χ4n) is 1.92. The maximum Gasteiger partial charge on any atom is 0.0658 e. The number of anilines is 2. The van der Waals surface area contributed by atoms with Gasteiger partial charge in [-0.15, -0.1) is 0 Å². The lowest BCUT2D eigenvalue weighted by molar-refractivity contribution is 0.00299. The molecule has 0 aliphatic heterocycles. The van der Waals surface area contributed by atoms with Crippen LogP contribution in [0.15, 0.2) is 18.2 Å². The van der Waals surface area contributed by atoms with Crippen LogP contribution in [0, 0.1) is 0 Å². The summed E-state index contributed by atoms with van der Waals surface area (Å²) in [4.78, 5) is 0. The van der Waals surface area contributed by atoms with Crippen molar-refractivity contribution in [3.63, 3.8) is 0 Å². The van der Waals surface area contributed by atoms with Crippen LogP contribution in [-0.2, 0) is 4.74 Å². The summed E-state index contributed by atoms with van der Waals surface area (Å²) >= 11 is 6.08. The van der Waals surface area contributed by atoms with Crippen LogP contribution in [-0.4, -0.2) is 18.8 Å². The number of nitrogens with one attached hydrogen (secondary N) is 1. The molecule has 1 aliphatic carbocycles. The highest BCUT2D eigenvalue weighted by Crippen LogP contribution is 2.30. The Bertz CT molecular complexity index is 364. The number of nitrogen functional groups attached to an aromatic ring is 1. The Morgan fingerprint density at radius 3 is 2.88 bits per heavy atom. The molecule has 1 aliphatic rings. The maximum atomic E-state index is 6.08. The summed E-state index contributed by atoms with van der Waals surface area (Å²) in [6.07, 6.45) is 2.51. The van der Waals surface area contributed by atoms with Gasteiger partial charge in [-0.25, -0.2) is 0 Å². The third-order valence-electron chi connectivity index (χ3n) is 2.85. The molecule has 0 saturated heterocycles. The van der Waals surface area contributed by atoms with E-state index in [0.717, 1.165) is 25.1 Å². The predicted octanol–water partition coefficient (Wildman–Crippen LogP) is 2.90. The molecule has 1 fully saturated rings. The molecule has 2 rings (SSSR count). The summed E-state index contributed by atoms with van der Waals surface area (Å²) in [6.45, 7) is 2.82. The average Bonchev–Trinajstić information content (AvgIpc) is 2.18. The van der Waals surface area contributed by atoms with Crippen LogP contribution in [0.5, 0.6) is 0 Å². The topological polar surface area (TPSA) is 47.3 Å². The molecule has 0 atom stereocenters. The first-order chi connectivity index (χ1) is 7.69. The van der Waals surface area contributed by atoms with Crippen LogP contribution < -0.4 is 11.1 Å². The second-order valence-electron chi connectivity index (χ2n) is 4.13. The van der Waals surface area contributed by atoms with Gasteiger partial charge in [0.05, 0.1) is 16.8 Å². The van der Waals surface area contributed by atoms with Crippen LogP contribution in [0.2, 0.25) is 5.02 Å². The summed E-state index contributed by atoms with van der Waals surface area (Å²) in [5, 5.41) is 4.08. The molecule has 0 bridgehead atoms. The van der Waals surface area contributed by atoms with Crippen LogP contribution in [0.3, 0.4) is 0 Å². The molecule has 1 saturated carbocycles. The first kappa shape index (κ1) is 11.6. The highest BCUT2D eigenvalue weighted by molar-refractivity contribution is 6.33. The predicted molar refractivity (Wildman–Crippen MR) is 67.9 cm³/mol. The quantitative estimate of drug-likeness (QED) is 0.796. The minimum atomic E-state index is 0.412. The lowest BCUT2D eigenvalue weighted by Gasteiger charge is -2.36. The van der Waals surface area contributed by atoms with Crippen LogP contribution >= 0.6 is 11.6 Å². The Morgan fingerprint density at radius 1 is 1.50 bits per heavy atom. The minimum absolute atomic E-state index is 0.412. The van der Waals surface area contributed by atoms with Gasteiger partial charge in [-0.3, -0.25) is 0 Å². The second kappa shape index (κ2) is 4.93. The largest absolute Gasteiger partial charge is 0.399 e. The Hall–Kier alpha value is -0.930. The number of benzene rings is 1. The van der Waals surface area contributed by atoms with E-state index in [0.29, 0.717) is 22.9 Å². The normalized spacial score (nSPS) is 23.9. The third kappa shape index (κ3) is 2.60. The summed E-state index contributed by atoms with van der Waals surface area (Å²) in [6, 6.07) is 6.01. The smallest absolute Gasteiger partial charge is 0.0658 e. The van der Waals surface area contributed by atoms with Gasteiger partial charge in [0.25, 0.3) is 0 Å². The lowest BCUT2D eigenvalue weighted by atomic mass is 9.89. The van der Waals surface area contributed by atoms with E-state index in [-0.39, 0.29) is 0 Å². The Labute approximate surface area is 101 Å². The minimum Gasteiger partial charge on any atom is -0.399 e. The molecule has 1 aromatic rings. The van der Waals surface area contributed by atoms with E-state index in [4.69, 9.17) is 22.1 Å². The zero-order valence-electron chi connectivity index (χ0n) is 9.37. The molecular formula is C12H17ClN2O. The van der Waals surface area contributed by atoms with Crippen molar-refractivity contribution in [2.45, 2.75) is 31.9 Å². The van der Waals surface area contributed by atoms with Crippen molar-refractivity contribution in [3.05, 3.63) is 23.2 Å². The van der Waals surface area contributed by atoms with E-state index >= 15 is 0 Å². The van der Waals surface area contributed by atoms with Crippen molar-refractivity contribution in [2.75, 3.05) is 17.7 Å². The molecule has 4 heteroatoms. The van der Waals surface area contributed by atoms with Gasteiger partial charge in [-0.2, -0.15) is 0 Å². The standard InChI is InChI=1S/C12H17ClN2O/c1-2-16-10-6-9(7-10)15-12-4-3-8(14)5-11(12)13/h3-5,9-10,15H,2,6-7,14H2,1H3. The number of ether oxygens (including phenoxy) is 1. The molecule has 0 unspecified atom stereocenters. The van der Waals surface area contributed by atoms with Crippen LogP contribution in [0.1, 0.15) is 19.8 Å². The van der Waals surface area contributed by atoms with Gasteiger partial charge in [-0.05, 0) is 38.0 Å². The van der Waals surface area contributed by atoms with Crippen molar-refractivity contribution in [3.8, 4) is 0 Å². The number of rotatable bonds is 4. The second-order valence-corrected chi connectivity index (χ2v) is 4.54. The Morgan fingerprint density at radius 2 is 2.25 bits per heavy atom. The highest BCUT2D eigenvalue weighted by Gasteiger charge is 2.29. The Kier molecular flexibility index (Phi) is 3.56. The number of halogens is 1. The fraction of sp³-hybridized carbons (Fsp3) is 0.500. The van der Waals surface area contributed by atoms with Gasteiger partial charge in [0.15, 0.2) is 0 Å². The molecule has 88 valence electrons. The molecular weight excluding hydrogens is 224 g/mol. The van der Waals surface area contributed by atoms with E-state index in [9.17, 15) is 0 Å². The molecule has 0 radical (unpaired) electrons. The molecule has 0 heterocycles. The highest BCUT2D eigenvalue weighted by atomic mass is 35.5. The summed E-state index contributed by atoms with van der Waals surface area (Å²) in [5.74, 6) is 0. The van der Waals surface area contributed by atoms with Gasteiger partial charge in [0, 0.05) is 18.3 Å². The summed E-state index contributed by atoms with van der Waals surface area (Å²) in [5.41, 5.74) is 7.28. The lowest BCUT2D eigenvalue weighted by Crippen LogP contribution is -2.40. The Balaban J connectivity index is 1.87. The molecule has 0 spiro atoms. The van der Waals surface area contributed by atoms with Gasteiger partial charge in [0.1, 0.15) is 0 Å². The monoisotopic (exact) mass is 240 g/mol. The SMILES string of the molecule is CCOC1CC(Nc2ccc(N)cc2Cl)C1. The molecule has 16 heavy (non-hydrogen) atoms.